The van der Waals surface area contributed by atoms with Crippen molar-refractivity contribution >= 4 is 5.96 Å². The lowest BCUT2D eigenvalue weighted by Gasteiger charge is -2.34. The molecule has 5 nitrogen and oxygen atoms in total. The van der Waals surface area contributed by atoms with Gasteiger partial charge in [-0.05, 0) is 51.9 Å². The van der Waals surface area contributed by atoms with Crippen molar-refractivity contribution in [1.29, 1.82) is 0 Å². The Kier molecular flexibility index (Phi) is 9.84. The van der Waals surface area contributed by atoms with Crippen molar-refractivity contribution in [2.24, 2.45) is 4.99 Å². The molecule has 1 aliphatic rings. The molecule has 2 N–H and O–H groups in total. The first kappa shape index (κ1) is 20.8. The summed E-state index contributed by atoms with van der Waals surface area (Å²) in [5.41, 5.74) is 0. The first-order valence-corrected chi connectivity index (χ1v) is 9.61. The fourth-order valence-corrected chi connectivity index (χ4v) is 3.04. The van der Waals surface area contributed by atoms with Gasteiger partial charge in [0.2, 0.25) is 0 Å². The van der Waals surface area contributed by atoms with Crippen molar-refractivity contribution in [3.8, 4) is 0 Å². The monoisotopic (exact) mass is 338 g/mol. The zero-order valence-corrected chi connectivity index (χ0v) is 16.2. The largest absolute Gasteiger partial charge is 0.393 e. The minimum Gasteiger partial charge on any atom is -0.393 e. The van der Waals surface area contributed by atoms with E-state index in [1.807, 2.05) is 0 Å². The average molecular weight is 339 g/mol. The first-order chi connectivity index (χ1) is 11.5. The van der Waals surface area contributed by atoms with Crippen LogP contribution in [0.4, 0.5) is 0 Å². The van der Waals surface area contributed by atoms with Crippen molar-refractivity contribution in [2.45, 2.75) is 77.4 Å². The van der Waals surface area contributed by atoms with Crippen LogP contribution in [-0.2, 0) is 0 Å². The molecule has 0 unspecified atom stereocenters. The topological polar surface area (TPSA) is 51.1 Å². The van der Waals surface area contributed by atoms with Crippen LogP contribution in [0.25, 0.3) is 0 Å². The van der Waals surface area contributed by atoms with Crippen LogP contribution in [0.2, 0.25) is 0 Å². The van der Waals surface area contributed by atoms with Gasteiger partial charge >= 0.3 is 0 Å². The number of aliphatic imine (C=N–C) groups is 1. The lowest BCUT2D eigenvalue weighted by molar-refractivity contribution is 0.125. The van der Waals surface area contributed by atoms with Crippen LogP contribution in [0.3, 0.4) is 0 Å². The Hall–Kier alpha value is -1.23. The molecule has 0 aliphatic heterocycles. The third-order valence-electron chi connectivity index (χ3n) is 4.99. The molecule has 0 atom stereocenters. The Labute approximate surface area is 148 Å². The molecule has 1 aliphatic carbocycles. The van der Waals surface area contributed by atoms with Crippen molar-refractivity contribution in [1.82, 2.24) is 15.1 Å². The summed E-state index contributed by atoms with van der Waals surface area (Å²) in [7, 11) is 4.18. The van der Waals surface area contributed by atoms with Crippen LogP contribution in [0, 0.1) is 0 Å². The van der Waals surface area contributed by atoms with Crippen LogP contribution < -0.4 is 5.32 Å². The molecule has 0 radical (unpaired) electrons. The predicted octanol–water partition coefficient (Wildman–Crippen LogP) is 3.17. The quantitative estimate of drug-likeness (QED) is 0.425. The van der Waals surface area contributed by atoms with Crippen molar-refractivity contribution in [3.63, 3.8) is 0 Å². The second-order valence-electron chi connectivity index (χ2n) is 6.93. The van der Waals surface area contributed by atoms with E-state index < -0.39 is 0 Å². The summed E-state index contributed by atoms with van der Waals surface area (Å²) < 4.78 is 0. The molecular formula is C19H38N4O. The summed E-state index contributed by atoms with van der Waals surface area (Å²) in [5, 5.41) is 13.2. The summed E-state index contributed by atoms with van der Waals surface area (Å²) >= 11 is 0. The van der Waals surface area contributed by atoms with E-state index >= 15 is 0 Å². The van der Waals surface area contributed by atoms with Crippen LogP contribution >= 0.6 is 0 Å². The molecule has 0 amide bonds. The maximum atomic E-state index is 9.79. The fraction of sp³-hybridized carbons (Fsp3) is 0.842. The third kappa shape index (κ3) is 7.12. The second-order valence-corrected chi connectivity index (χ2v) is 6.93. The summed E-state index contributed by atoms with van der Waals surface area (Å²) in [5.74, 6) is 1.82. The molecule has 0 aromatic heterocycles. The third-order valence-corrected chi connectivity index (χ3v) is 4.99. The Bertz CT molecular complexity index is 387. The van der Waals surface area contributed by atoms with E-state index in [-0.39, 0.29) is 6.10 Å². The number of unbranched alkanes of at least 4 members (excludes halogenated alkanes) is 1. The number of nitrogens with one attached hydrogen (secondary N) is 1. The molecule has 1 fully saturated rings. The highest BCUT2D eigenvalue weighted by atomic mass is 16.3. The SMILES string of the molecule is C=C(NC(=NCCCC)N(C)CC)N(C)C1CCCC(O)CCC1. The van der Waals surface area contributed by atoms with Gasteiger partial charge in [-0.2, -0.15) is 0 Å². The summed E-state index contributed by atoms with van der Waals surface area (Å²) in [6.07, 6.45) is 8.38. The van der Waals surface area contributed by atoms with E-state index in [0.29, 0.717) is 6.04 Å². The lowest BCUT2D eigenvalue weighted by atomic mass is 9.94. The molecule has 1 rings (SSSR count). The number of hydrogen-bond acceptors (Lipinski definition) is 3. The molecule has 5 heteroatoms. The zero-order valence-electron chi connectivity index (χ0n) is 16.2. The van der Waals surface area contributed by atoms with Gasteiger partial charge in [0.05, 0.1) is 6.10 Å². The van der Waals surface area contributed by atoms with Gasteiger partial charge in [-0.25, -0.2) is 0 Å². The molecule has 0 heterocycles. The first-order valence-electron chi connectivity index (χ1n) is 9.61. The molecule has 0 spiro atoms. The maximum Gasteiger partial charge on any atom is 0.199 e. The number of guanidine groups is 1. The van der Waals surface area contributed by atoms with Crippen LogP contribution in [0.5, 0.6) is 0 Å². The highest BCUT2D eigenvalue weighted by Crippen LogP contribution is 2.22. The van der Waals surface area contributed by atoms with Gasteiger partial charge in [-0.3, -0.25) is 4.99 Å². The van der Waals surface area contributed by atoms with E-state index in [1.165, 1.54) is 0 Å². The standard InChI is InChI=1S/C19H38N4O/c1-6-8-15-20-19(22(4)7-2)21-16(3)23(5)17-11-9-13-18(24)14-10-12-17/h17-18,24H,3,6-15H2,1-2,4-5H3,(H,20,21). The molecule has 24 heavy (non-hydrogen) atoms. The van der Waals surface area contributed by atoms with Gasteiger partial charge < -0.3 is 20.2 Å². The number of aliphatic hydroxyl groups excluding tert-OH is 1. The van der Waals surface area contributed by atoms with Crippen LogP contribution in [0.15, 0.2) is 17.4 Å². The Balaban J connectivity index is 2.62. The van der Waals surface area contributed by atoms with E-state index in [2.05, 4.69) is 49.6 Å². The molecule has 140 valence electrons. The molecule has 0 aromatic carbocycles. The Morgan fingerprint density at radius 1 is 1.17 bits per heavy atom. The smallest absolute Gasteiger partial charge is 0.199 e. The minimum absolute atomic E-state index is 0.104. The van der Waals surface area contributed by atoms with Gasteiger partial charge in [-0.15, -0.1) is 0 Å². The molecule has 0 aromatic rings. The highest BCUT2D eigenvalue weighted by Gasteiger charge is 2.20. The highest BCUT2D eigenvalue weighted by molar-refractivity contribution is 5.81. The zero-order chi connectivity index (χ0) is 17.9. The van der Waals surface area contributed by atoms with E-state index in [4.69, 9.17) is 4.99 Å². The average Bonchev–Trinajstić information content (AvgIpc) is 2.55. The van der Waals surface area contributed by atoms with Crippen molar-refractivity contribution in [3.05, 3.63) is 12.4 Å². The Morgan fingerprint density at radius 2 is 1.79 bits per heavy atom. The van der Waals surface area contributed by atoms with Crippen LogP contribution in [0.1, 0.15) is 65.2 Å². The number of nitrogens with zero attached hydrogens (tertiary/aromatic N) is 3. The maximum absolute atomic E-state index is 9.79. The van der Waals surface area contributed by atoms with Gasteiger partial charge in [-0.1, -0.05) is 19.9 Å². The summed E-state index contributed by atoms with van der Waals surface area (Å²) in [6, 6.07) is 0.487. The number of hydrogen-bond donors (Lipinski definition) is 2. The lowest BCUT2D eigenvalue weighted by Crippen LogP contribution is -2.44. The molecule has 0 bridgehead atoms. The van der Waals surface area contributed by atoms with Crippen LogP contribution in [-0.4, -0.2) is 60.2 Å². The normalized spacial score (nSPS) is 22.5. The Morgan fingerprint density at radius 3 is 2.33 bits per heavy atom. The summed E-state index contributed by atoms with van der Waals surface area (Å²) in [6.45, 7) is 10.3. The second kappa shape index (κ2) is 11.3. The number of aliphatic hydroxyl groups is 1. The van der Waals surface area contributed by atoms with Gasteiger partial charge in [0.1, 0.15) is 5.82 Å². The van der Waals surface area contributed by atoms with Crippen molar-refractivity contribution in [2.75, 3.05) is 27.2 Å². The molecular weight excluding hydrogens is 300 g/mol. The van der Waals surface area contributed by atoms with Gasteiger partial charge in [0.25, 0.3) is 0 Å². The predicted molar refractivity (Wildman–Crippen MR) is 103 cm³/mol. The summed E-state index contributed by atoms with van der Waals surface area (Å²) in [4.78, 5) is 9.09. The van der Waals surface area contributed by atoms with Gasteiger partial charge in [0, 0.05) is 33.2 Å². The van der Waals surface area contributed by atoms with E-state index in [9.17, 15) is 5.11 Å². The van der Waals surface area contributed by atoms with Gasteiger partial charge in [0.15, 0.2) is 5.96 Å². The van der Waals surface area contributed by atoms with Crippen molar-refractivity contribution < 1.29 is 5.11 Å². The molecule has 1 saturated carbocycles. The minimum atomic E-state index is -0.104. The number of rotatable bonds is 7. The molecule has 0 saturated heterocycles. The fourth-order valence-electron chi connectivity index (χ4n) is 3.04. The van der Waals surface area contributed by atoms with E-state index in [1.54, 1.807) is 0 Å². The van der Waals surface area contributed by atoms with E-state index in [0.717, 1.165) is 76.2 Å².